The van der Waals surface area contributed by atoms with E-state index in [9.17, 15) is 0 Å². The molecule has 12 heavy (non-hydrogen) atoms. The minimum Gasteiger partial charge on any atom is -0.378 e. The van der Waals surface area contributed by atoms with E-state index >= 15 is 0 Å². The lowest BCUT2D eigenvalue weighted by Gasteiger charge is -2.29. The number of rotatable bonds is 1. The second kappa shape index (κ2) is 6.47. The Morgan fingerprint density at radius 2 is 1.83 bits per heavy atom. The van der Waals surface area contributed by atoms with Crippen molar-refractivity contribution in [2.24, 2.45) is 11.8 Å². The Balaban J connectivity index is 0.000000561. The van der Waals surface area contributed by atoms with Gasteiger partial charge in [0.1, 0.15) is 0 Å². The van der Waals surface area contributed by atoms with Crippen LogP contribution in [-0.4, -0.2) is 12.7 Å². The van der Waals surface area contributed by atoms with Crippen molar-refractivity contribution in [2.45, 2.75) is 53.6 Å². The maximum absolute atomic E-state index is 5.61. The standard InChI is InChI=1S/C9H18O.C2H6/c1-7(2)9-6-8(3)4-5-10-9;1-2/h7-9H,4-6H2,1-3H3;1-2H3. The average Bonchev–Trinajstić information content (AvgIpc) is 2.08. The van der Waals surface area contributed by atoms with E-state index in [1.165, 1.54) is 12.8 Å². The van der Waals surface area contributed by atoms with Crippen molar-refractivity contribution < 1.29 is 4.74 Å². The highest BCUT2D eigenvalue weighted by Crippen LogP contribution is 2.23. The number of hydrogen-bond acceptors (Lipinski definition) is 1. The van der Waals surface area contributed by atoms with Gasteiger partial charge in [-0.2, -0.15) is 0 Å². The molecule has 1 fully saturated rings. The van der Waals surface area contributed by atoms with Gasteiger partial charge < -0.3 is 4.74 Å². The van der Waals surface area contributed by atoms with Crippen molar-refractivity contribution in [1.29, 1.82) is 0 Å². The Morgan fingerprint density at radius 3 is 2.17 bits per heavy atom. The lowest BCUT2D eigenvalue weighted by atomic mass is 9.92. The highest BCUT2D eigenvalue weighted by Gasteiger charge is 2.21. The molecule has 1 aliphatic rings. The molecule has 2 unspecified atom stereocenters. The van der Waals surface area contributed by atoms with Gasteiger partial charge in [-0.05, 0) is 24.7 Å². The van der Waals surface area contributed by atoms with E-state index in [-0.39, 0.29) is 0 Å². The van der Waals surface area contributed by atoms with Crippen molar-refractivity contribution in [1.82, 2.24) is 0 Å². The van der Waals surface area contributed by atoms with E-state index < -0.39 is 0 Å². The highest BCUT2D eigenvalue weighted by atomic mass is 16.5. The summed E-state index contributed by atoms with van der Waals surface area (Å²) >= 11 is 0. The Bertz CT molecular complexity index is 99.2. The highest BCUT2D eigenvalue weighted by molar-refractivity contribution is 4.70. The molecule has 74 valence electrons. The molecule has 0 saturated carbocycles. The lowest BCUT2D eigenvalue weighted by molar-refractivity contribution is -0.0304. The van der Waals surface area contributed by atoms with Crippen molar-refractivity contribution in [3.63, 3.8) is 0 Å². The zero-order valence-electron chi connectivity index (χ0n) is 9.26. The predicted octanol–water partition coefficient (Wildman–Crippen LogP) is 3.48. The van der Waals surface area contributed by atoms with Crippen LogP contribution in [0.25, 0.3) is 0 Å². The first-order valence-electron chi connectivity index (χ1n) is 5.31. The summed E-state index contributed by atoms with van der Waals surface area (Å²) in [5.41, 5.74) is 0. The molecule has 1 rings (SSSR count). The molecule has 0 aliphatic carbocycles. The first-order chi connectivity index (χ1) is 5.70. The average molecular weight is 172 g/mol. The fourth-order valence-corrected chi connectivity index (χ4v) is 1.47. The van der Waals surface area contributed by atoms with Gasteiger partial charge in [0.15, 0.2) is 0 Å². The molecule has 1 heterocycles. The summed E-state index contributed by atoms with van der Waals surface area (Å²) in [6.45, 7) is 11.8. The molecule has 0 radical (unpaired) electrons. The van der Waals surface area contributed by atoms with Gasteiger partial charge in [0, 0.05) is 6.61 Å². The second-order valence-corrected chi connectivity index (χ2v) is 3.78. The maximum atomic E-state index is 5.61. The van der Waals surface area contributed by atoms with Crippen molar-refractivity contribution in [3.8, 4) is 0 Å². The van der Waals surface area contributed by atoms with Crippen LogP contribution in [0.15, 0.2) is 0 Å². The number of hydrogen-bond donors (Lipinski definition) is 0. The van der Waals surface area contributed by atoms with Crippen molar-refractivity contribution >= 4 is 0 Å². The summed E-state index contributed by atoms with van der Waals surface area (Å²) in [7, 11) is 0. The Hall–Kier alpha value is -0.0400. The lowest BCUT2D eigenvalue weighted by Crippen LogP contribution is -2.28. The van der Waals surface area contributed by atoms with E-state index in [1.807, 2.05) is 13.8 Å². The third-order valence-electron chi connectivity index (χ3n) is 2.32. The smallest absolute Gasteiger partial charge is 0.0600 e. The normalized spacial score (nSPS) is 29.5. The second-order valence-electron chi connectivity index (χ2n) is 3.78. The monoisotopic (exact) mass is 172 g/mol. The van der Waals surface area contributed by atoms with E-state index in [4.69, 9.17) is 4.74 Å². The van der Waals surface area contributed by atoms with Gasteiger partial charge in [-0.25, -0.2) is 0 Å². The third kappa shape index (κ3) is 4.10. The van der Waals surface area contributed by atoms with Gasteiger partial charge in [0.2, 0.25) is 0 Å². The zero-order chi connectivity index (χ0) is 9.56. The fourth-order valence-electron chi connectivity index (χ4n) is 1.47. The van der Waals surface area contributed by atoms with Crippen molar-refractivity contribution in [3.05, 3.63) is 0 Å². The summed E-state index contributed by atoms with van der Waals surface area (Å²) in [6.07, 6.45) is 3.05. The first kappa shape index (κ1) is 12.0. The molecule has 1 nitrogen and oxygen atoms in total. The van der Waals surface area contributed by atoms with Gasteiger partial charge in [-0.1, -0.05) is 34.6 Å². The summed E-state index contributed by atoms with van der Waals surface area (Å²) < 4.78 is 5.61. The summed E-state index contributed by atoms with van der Waals surface area (Å²) in [5.74, 6) is 1.57. The molecule has 0 amide bonds. The minimum atomic E-state index is 0.531. The van der Waals surface area contributed by atoms with Gasteiger partial charge in [-0.3, -0.25) is 0 Å². The van der Waals surface area contributed by atoms with Crippen LogP contribution >= 0.6 is 0 Å². The molecule has 2 atom stereocenters. The Labute approximate surface area is 77.5 Å². The number of ether oxygens (including phenoxy) is 1. The summed E-state index contributed by atoms with van der Waals surface area (Å²) in [5, 5.41) is 0. The fraction of sp³-hybridized carbons (Fsp3) is 1.00. The van der Waals surface area contributed by atoms with Crippen LogP contribution in [0, 0.1) is 11.8 Å². The molecule has 0 spiro atoms. The molecular weight excluding hydrogens is 148 g/mol. The molecule has 0 aromatic heterocycles. The quantitative estimate of drug-likeness (QED) is 0.588. The van der Waals surface area contributed by atoms with E-state index in [1.54, 1.807) is 0 Å². The molecule has 0 bridgehead atoms. The SMILES string of the molecule is CC.CC1CCOC(C(C)C)C1. The zero-order valence-corrected chi connectivity index (χ0v) is 9.26. The van der Waals surface area contributed by atoms with Gasteiger partial charge in [0.25, 0.3) is 0 Å². The van der Waals surface area contributed by atoms with Crippen LogP contribution in [0.5, 0.6) is 0 Å². The summed E-state index contributed by atoms with van der Waals surface area (Å²) in [4.78, 5) is 0. The molecule has 0 aromatic rings. The Kier molecular flexibility index (Phi) is 6.45. The van der Waals surface area contributed by atoms with E-state index in [0.717, 1.165) is 12.5 Å². The molecule has 1 aliphatic heterocycles. The summed E-state index contributed by atoms with van der Waals surface area (Å²) in [6, 6.07) is 0. The van der Waals surface area contributed by atoms with Crippen LogP contribution < -0.4 is 0 Å². The predicted molar refractivity (Wildman–Crippen MR) is 54.3 cm³/mol. The van der Waals surface area contributed by atoms with Gasteiger partial charge in [-0.15, -0.1) is 0 Å². The van der Waals surface area contributed by atoms with Crippen LogP contribution in [0.2, 0.25) is 0 Å². The van der Waals surface area contributed by atoms with E-state index in [0.29, 0.717) is 12.0 Å². The first-order valence-corrected chi connectivity index (χ1v) is 5.31. The third-order valence-corrected chi connectivity index (χ3v) is 2.32. The van der Waals surface area contributed by atoms with E-state index in [2.05, 4.69) is 20.8 Å². The molecule has 0 aromatic carbocycles. The van der Waals surface area contributed by atoms with Gasteiger partial charge >= 0.3 is 0 Å². The molecular formula is C11H24O. The van der Waals surface area contributed by atoms with Crippen LogP contribution in [0.1, 0.15) is 47.5 Å². The minimum absolute atomic E-state index is 0.531. The van der Waals surface area contributed by atoms with Gasteiger partial charge in [0.05, 0.1) is 6.10 Å². The van der Waals surface area contributed by atoms with Crippen LogP contribution in [0.3, 0.4) is 0 Å². The van der Waals surface area contributed by atoms with Crippen LogP contribution in [-0.2, 0) is 4.74 Å². The van der Waals surface area contributed by atoms with Crippen molar-refractivity contribution in [2.75, 3.05) is 6.61 Å². The van der Waals surface area contributed by atoms with Crippen LogP contribution in [0.4, 0.5) is 0 Å². The molecule has 1 heteroatoms. The topological polar surface area (TPSA) is 9.23 Å². The Morgan fingerprint density at radius 1 is 1.25 bits per heavy atom. The molecule has 1 saturated heterocycles. The largest absolute Gasteiger partial charge is 0.378 e. The maximum Gasteiger partial charge on any atom is 0.0600 e. The molecule has 0 N–H and O–H groups in total.